The Kier molecular flexibility index (Phi) is 7.31. The van der Waals surface area contributed by atoms with Crippen molar-refractivity contribution in [2.75, 3.05) is 17.1 Å². The first-order valence-corrected chi connectivity index (χ1v) is 12.4. The van der Waals surface area contributed by atoms with Gasteiger partial charge in [0, 0.05) is 23.9 Å². The minimum absolute atomic E-state index is 0.0937. The van der Waals surface area contributed by atoms with Crippen LogP contribution < -0.4 is 20.1 Å². The number of ether oxygens (including phenoxy) is 1. The summed E-state index contributed by atoms with van der Waals surface area (Å²) in [7, 11) is -2.53. The number of hydrogen-bond donors (Lipinski definition) is 3. The summed E-state index contributed by atoms with van der Waals surface area (Å²) in [5.41, 5.74) is 1.17. The van der Waals surface area contributed by atoms with Crippen LogP contribution in [-0.2, 0) is 10.0 Å². The third-order valence-electron chi connectivity index (χ3n) is 5.12. The predicted octanol–water partition coefficient (Wildman–Crippen LogP) is 4.89. The summed E-state index contributed by atoms with van der Waals surface area (Å²) in [5, 5.41) is 5.21. The van der Waals surface area contributed by atoms with Gasteiger partial charge in [-0.3, -0.25) is 14.3 Å². The third kappa shape index (κ3) is 5.89. The number of para-hydroxylation sites is 3. The number of benzene rings is 4. The topological polar surface area (TPSA) is 114 Å². The monoisotopic (exact) mass is 501 g/mol. The van der Waals surface area contributed by atoms with Crippen LogP contribution in [0.15, 0.2) is 108 Å². The average molecular weight is 502 g/mol. The fraction of sp³-hybridized carbons (Fsp3) is 0.0370. The molecule has 9 heteroatoms. The number of nitrogens with one attached hydrogen (secondary N) is 3. The van der Waals surface area contributed by atoms with Crippen LogP contribution in [0.1, 0.15) is 20.7 Å². The van der Waals surface area contributed by atoms with Gasteiger partial charge in [-0.05, 0) is 60.7 Å². The van der Waals surface area contributed by atoms with Crippen LogP contribution >= 0.6 is 0 Å². The zero-order chi connectivity index (χ0) is 25.5. The van der Waals surface area contributed by atoms with Crippen molar-refractivity contribution in [1.82, 2.24) is 5.32 Å². The molecular formula is C27H23N3O5S. The molecule has 0 aliphatic heterocycles. The van der Waals surface area contributed by atoms with Crippen molar-refractivity contribution in [3.05, 3.63) is 114 Å². The van der Waals surface area contributed by atoms with E-state index in [2.05, 4.69) is 15.4 Å². The molecule has 36 heavy (non-hydrogen) atoms. The Morgan fingerprint density at radius 2 is 1.39 bits per heavy atom. The lowest BCUT2D eigenvalue weighted by Gasteiger charge is -2.14. The van der Waals surface area contributed by atoms with E-state index in [0.717, 1.165) is 0 Å². The van der Waals surface area contributed by atoms with Crippen LogP contribution in [0, 0.1) is 0 Å². The Hall–Kier alpha value is -4.63. The Balaban J connectivity index is 1.54. The quantitative estimate of drug-likeness (QED) is 0.318. The lowest BCUT2D eigenvalue weighted by molar-refractivity contribution is 0.0961. The molecule has 0 heterocycles. The maximum atomic E-state index is 13.1. The van der Waals surface area contributed by atoms with Crippen molar-refractivity contribution in [3.63, 3.8) is 0 Å². The van der Waals surface area contributed by atoms with Gasteiger partial charge >= 0.3 is 0 Å². The maximum Gasteiger partial charge on any atom is 0.262 e. The molecular weight excluding hydrogens is 478 g/mol. The average Bonchev–Trinajstić information content (AvgIpc) is 2.90. The maximum absolute atomic E-state index is 13.1. The number of carbonyl (C=O) groups is 2. The van der Waals surface area contributed by atoms with Gasteiger partial charge in [0.05, 0.1) is 10.6 Å². The molecule has 0 aliphatic carbocycles. The highest BCUT2D eigenvalue weighted by Crippen LogP contribution is 2.31. The van der Waals surface area contributed by atoms with Crippen molar-refractivity contribution in [3.8, 4) is 11.5 Å². The van der Waals surface area contributed by atoms with Gasteiger partial charge in [0.25, 0.3) is 21.8 Å². The lowest BCUT2D eigenvalue weighted by Crippen LogP contribution is -2.18. The molecule has 2 amide bonds. The van der Waals surface area contributed by atoms with Crippen LogP contribution in [0.2, 0.25) is 0 Å². The summed E-state index contributed by atoms with van der Waals surface area (Å²) in [6, 6.07) is 27.7. The SMILES string of the molecule is CNC(=O)c1cccc(NC(=O)c2cccc(S(=O)(=O)Nc3ccccc3Oc3ccccc3)c2)c1. The Labute approximate surface area is 209 Å². The largest absolute Gasteiger partial charge is 0.455 e. The van der Waals surface area contributed by atoms with Crippen molar-refractivity contribution in [2.24, 2.45) is 0 Å². The first-order chi connectivity index (χ1) is 17.4. The number of rotatable bonds is 8. The molecule has 3 N–H and O–H groups in total. The first kappa shape index (κ1) is 24.5. The van der Waals surface area contributed by atoms with E-state index in [-0.39, 0.29) is 22.1 Å². The number of sulfonamides is 1. The van der Waals surface area contributed by atoms with Gasteiger partial charge in [-0.2, -0.15) is 0 Å². The second-order valence-corrected chi connectivity index (χ2v) is 9.34. The van der Waals surface area contributed by atoms with Crippen LogP contribution in [0.3, 0.4) is 0 Å². The van der Waals surface area contributed by atoms with Gasteiger partial charge in [0.1, 0.15) is 5.75 Å². The van der Waals surface area contributed by atoms with Crippen molar-refractivity contribution in [1.29, 1.82) is 0 Å². The highest BCUT2D eigenvalue weighted by Gasteiger charge is 2.19. The molecule has 0 unspecified atom stereocenters. The highest BCUT2D eigenvalue weighted by molar-refractivity contribution is 7.92. The molecule has 0 aromatic heterocycles. The van der Waals surface area contributed by atoms with E-state index in [4.69, 9.17) is 4.74 Å². The molecule has 0 saturated heterocycles. The molecule has 0 radical (unpaired) electrons. The molecule has 8 nitrogen and oxygen atoms in total. The Bertz CT molecular complexity index is 1500. The number of carbonyl (C=O) groups excluding carboxylic acids is 2. The predicted molar refractivity (Wildman–Crippen MR) is 138 cm³/mol. The molecule has 4 aromatic rings. The van der Waals surface area contributed by atoms with E-state index >= 15 is 0 Å². The van der Waals surface area contributed by atoms with Gasteiger partial charge in [-0.25, -0.2) is 8.42 Å². The molecule has 0 atom stereocenters. The zero-order valence-electron chi connectivity index (χ0n) is 19.3. The van der Waals surface area contributed by atoms with E-state index in [0.29, 0.717) is 22.7 Å². The number of hydrogen-bond acceptors (Lipinski definition) is 5. The molecule has 0 saturated carbocycles. The van der Waals surface area contributed by atoms with Gasteiger partial charge < -0.3 is 15.4 Å². The molecule has 182 valence electrons. The van der Waals surface area contributed by atoms with Gasteiger partial charge in [0.2, 0.25) is 0 Å². The molecule has 4 aromatic carbocycles. The minimum atomic E-state index is -4.04. The summed E-state index contributed by atoms with van der Waals surface area (Å²) < 4.78 is 34.7. The smallest absolute Gasteiger partial charge is 0.262 e. The van der Waals surface area contributed by atoms with E-state index in [1.165, 1.54) is 37.4 Å². The van der Waals surface area contributed by atoms with Gasteiger partial charge in [-0.15, -0.1) is 0 Å². The van der Waals surface area contributed by atoms with Crippen LogP contribution in [0.4, 0.5) is 11.4 Å². The van der Waals surface area contributed by atoms with Gasteiger partial charge in [0.15, 0.2) is 5.75 Å². The van der Waals surface area contributed by atoms with Crippen LogP contribution in [-0.4, -0.2) is 27.3 Å². The third-order valence-corrected chi connectivity index (χ3v) is 6.48. The first-order valence-electron chi connectivity index (χ1n) is 10.9. The molecule has 4 rings (SSSR count). The van der Waals surface area contributed by atoms with Crippen LogP contribution in [0.5, 0.6) is 11.5 Å². The van der Waals surface area contributed by atoms with Crippen LogP contribution in [0.25, 0.3) is 0 Å². The second-order valence-electron chi connectivity index (χ2n) is 7.66. The summed E-state index contributed by atoms with van der Waals surface area (Å²) in [5.74, 6) is 0.0798. The van der Waals surface area contributed by atoms with E-state index in [1.54, 1.807) is 54.6 Å². The van der Waals surface area contributed by atoms with Crippen molar-refractivity contribution >= 4 is 33.2 Å². The number of anilines is 2. The lowest BCUT2D eigenvalue weighted by atomic mass is 10.1. The Morgan fingerprint density at radius 1 is 0.722 bits per heavy atom. The van der Waals surface area contributed by atoms with Crippen molar-refractivity contribution in [2.45, 2.75) is 4.90 Å². The zero-order valence-corrected chi connectivity index (χ0v) is 20.1. The molecule has 0 spiro atoms. The molecule has 0 bridgehead atoms. The fourth-order valence-corrected chi connectivity index (χ4v) is 4.47. The van der Waals surface area contributed by atoms with E-state index in [1.807, 2.05) is 18.2 Å². The summed E-state index contributed by atoms with van der Waals surface area (Å²) in [6.07, 6.45) is 0. The number of amides is 2. The molecule has 0 aliphatic rings. The molecule has 0 fully saturated rings. The van der Waals surface area contributed by atoms with E-state index in [9.17, 15) is 18.0 Å². The van der Waals surface area contributed by atoms with E-state index < -0.39 is 15.9 Å². The van der Waals surface area contributed by atoms with Gasteiger partial charge in [-0.1, -0.05) is 42.5 Å². The summed E-state index contributed by atoms with van der Waals surface area (Å²) >= 11 is 0. The normalized spacial score (nSPS) is 10.8. The minimum Gasteiger partial charge on any atom is -0.455 e. The summed E-state index contributed by atoms with van der Waals surface area (Å²) in [4.78, 5) is 24.6. The standard InChI is InChI=1S/C27H23N3O5S/c1-28-26(31)19-9-7-11-21(17-19)29-27(32)20-10-8-14-23(18-20)36(33,34)30-24-15-5-6-16-25(24)35-22-12-3-2-4-13-22/h2-18,30H,1H3,(H,28,31)(H,29,32). The van der Waals surface area contributed by atoms with Crippen molar-refractivity contribution < 1.29 is 22.7 Å². The Morgan fingerprint density at radius 3 is 2.14 bits per heavy atom. The summed E-state index contributed by atoms with van der Waals surface area (Å²) in [6.45, 7) is 0. The second kappa shape index (κ2) is 10.7. The highest BCUT2D eigenvalue weighted by atomic mass is 32.2. The fourth-order valence-electron chi connectivity index (χ4n) is 3.35.